The van der Waals surface area contributed by atoms with Crippen LogP contribution < -0.4 is 5.73 Å². The number of nitrogens with two attached hydrogens (primary N) is 1. The molecule has 0 radical (unpaired) electrons. The summed E-state index contributed by atoms with van der Waals surface area (Å²) in [7, 11) is -3.48. The number of thiocarbonyl (C=S) groups is 1. The number of nitrogens with zero attached hydrogens (tertiary/aromatic N) is 2. The normalized spacial score (nSPS) is 18.1. The molecule has 0 unspecified atom stereocenters. The molecule has 5 nitrogen and oxygen atoms in total. The van der Waals surface area contributed by atoms with Gasteiger partial charge in [-0.25, -0.2) is 8.42 Å². The van der Waals surface area contributed by atoms with Crippen LogP contribution in [0.3, 0.4) is 0 Å². The average molecular weight is 334 g/mol. The number of halogens is 1. The molecule has 1 saturated heterocycles. The van der Waals surface area contributed by atoms with Gasteiger partial charge >= 0.3 is 0 Å². The van der Waals surface area contributed by atoms with Crippen LogP contribution in [0.4, 0.5) is 0 Å². The minimum atomic E-state index is -3.48. The maximum atomic E-state index is 12.5. The highest BCUT2D eigenvalue weighted by Crippen LogP contribution is 2.20. The molecule has 0 bridgehead atoms. The molecule has 0 aromatic heterocycles. The Bertz CT molecular complexity index is 598. The van der Waals surface area contributed by atoms with Crippen LogP contribution in [0, 0.1) is 0 Å². The van der Waals surface area contributed by atoms with Gasteiger partial charge in [-0.05, 0) is 18.2 Å². The van der Waals surface area contributed by atoms with Gasteiger partial charge < -0.3 is 5.73 Å². The zero-order valence-corrected chi connectivity index (χ0v) is 13.2. The lowest BCUT2D eigenvalue weighted by atomic mass is 10.3. The Kier molecular flexibility index (Phi) is 4.98. The average Bonchev–Trinajstić information content (AvgIpc) is 2.38. The monoisotopic (exact) mass is 333 g/mol. The summed E-state index contributed by atoms with van der Waals surface area (Å²) in [6, 6.07) is 6.32. The molecule has 20 heavy (non-hydrogen) atoms. The number of sulfonamides is 1. The van der Waals surface area contributed by atoms with Crippen LogP contribution in [0.25, 0.3) is 0 Å². The van der Waals surface area contributed by atoms with Crippen LogP contribution in [0.15, 0.2) is 29.2 Å². The van der Waals surface area contributed by atoms with Crippen LogP contribution in [0.5, 0.6) is 0 Å². The quantitative estimate of drug-likeness (QED) is 0.830. The zero-order valence-electron chi connectivity index (χ0n) is 10.8. The Balaban J connectivity index is 2.08. The third kappa shape index (κ3) is 3.67. The lowest BCUT2D eigenvalue weighted by Crippen LogP contribution is -2.50. The SMILES string of the molecule is NC(=S)CN1CCN(S(=O)(=O)c2cccc(Cl)c2)CC1. The lowest BCUT2D eigenvalue weighted by molar-refractivity contribution is 0.209. The van der Waals surface area contributed by atoms with Crippen LogP contribution in [0.2, 0.25) is 5.02 Å². The Labute approximate surface area is 129 Å². The maximum Gasteiger partial charge on any atom is 0.243 e. The van der Waals surface area contributed by atoms with Crippen molar-refractivity contribution in [2.45, 2.75) is 4.90 Å². The third-order valence-electron chi connectivity index (χ3n) is 3.14. The largest absolute Gasteiger partial charge is 0.392 e. The van der Waals surface area contributed by atoms with Crippen molar-refractivity contribution in [3.05, 3.63) is 29.3 Å². The third-order valence-corrected chi connectivity index (χ3v) is 5.40. The summed E-state index contributed by atoms with van der Waals surface area (Å²) in [5.74, 6) is 0. The second kappa shape index (κ2) is 6.36. The highest BCUT2D eigenvalue weighted by Gasteiger charge is 2.28. The molecule has 1 aliphatic heterocycles. The first-order valence-corrected chi connectivity index (χ1v) is 8.38. The van der Waals surface area contributed by atoms with Gasteiger partial charge in [-0.1, -0.05) is 29.9 Å². The van der Waals surface area contributed by atoms with Gasteiger partial charge in [-0.2, -0.15) is 4.31 Å². The Morgan fingerprint density at radius 2 is 1.95 bits per heavy atom. The molecule has 1 aliphatic rings. The Morgan fingerprint density at radius 3 is 2.50 bits per heavy atom. The zero-order chi connectivity index (χ0) is 14.8. The smallest absolute Gasteiger partial charge is 0.243 e. The van der Waals surface area contributed by atoms with Gasteiger partial charge in [-0.3, -0.25) is 4.90 Å². The van der Waals surface area contributed by atoms with Crippen molar-refractivity contribution in [1.82, 2.24) is 9.21 Å². The van der Waals surface area contributed by atoms with Crippen molar-refractivity contribution in [3.63, 3.8) is 0 Å². The van der Waals surface area contributed by atoms with Gasteiger partial charge in [-0.15, -0.1) is 0 Å². The Morgan fingerprint density at radius 1 is 1.30 bits per heavy atom. The maximum absolute atomic E-state index is 12.5. The minimum Gasteiger partial charge on any atom is -0.392 e. The minimum absolute atomic E-state index is 0.229. The molecular weight excluding hydrogens is 318 g/mol. The second-order valence-corrected chi connectivity index (χ2v) is 7.50. The number of rotatable bonds is 4. The molecule has 2 rings (SSSR count). The van der Waals surface area contributed by atoms with E-state index in [1.807, 2.05) is 4.90 Å². The van der Waals surface area contributed by atoms with Crippen molar-refractivity contribution in [2.24, 2.45) is 5.73 Å². The van der Waals surface area contributed by atoms with E-state index >= 15 is 0 Å². The van der Waals surface area contributed by atoms with Crippen LogP contribution in [-0.4, -0.2) is 55.3 Å². The first kappa shape index (κ1) is 15.7. The summed E-state index contributed by atoms with van der Waals surface area (Å²) in [4.78, 5) is 2.70. The highest BCUT2D eigenvalue weighted by atomic mass is 35.5. The standard InChI is InChI=1S/C12H16ClN3O2S2/c13-10-2-1-3-11(8-10)20(17,18)16-6-4-15(5-7-16)9-12(14)19/h1-3,8H,4-7,9H2,(H2,14,19). The first-order valence-electron chi connectivity index (χ1n) is 6.16. The van der Waals surface area contributed by atoms with E-state index < -0.39 is 10.0 Å². The van der Waals surface area contributed by atoms with E-state index in [4.69, 9.17) is 29.6 Å². The molecular formula is C12H16ClN3O2S2. The molecule has 0 aliphatic carbocycles. The summed E-state index contributed by atoms with van der Waals surface area (Å²) in [6.07, 6.45) is 0. The van der Waals surface area contributed by atoms with Crippen molar-refractivity contribution < 1.29 is 8.42 Å². The summed E-state index contributed by atoms with van der Waals surface area (Å²) in [5.41, 5.74) is 5.49. The van der Waals surface area contributed by atoms with Gasteiger partial charge in [0.2, 0.25) is 10.0 Å². The Hall–Kier alpha value is -0.730. The lowest BCUT2D eigenvalue weighted by Gasteiger charge is -2.33. The second-order valence-electron chi connectivity index (χ2n) is 4.60. The predicted molar refractivity (Wildman–Crippen MR) is 83.4 cm³/mol. The molecule has 1 fully saturated rings. The molecule has 110 valence electrons. The van der Waals surface area contributed by atoms with Crippen LogP contribution >= 0.6 is 23.8 Å². The molecule has 0 atom stereocenters. The number of piperazine rings is 1. The molecule has 0 saturated carbocycles. The molecule has 2 N–H and O–H groups in total. The van der Waals surface area contributed by atoms with E-state index in [1.165, 1.54) is 10.4 Å². The van der Waals surface area contributed by atoms with E-state index in [9.17, 15) is 8.42 Å². The van der Waals surface area contributed by atoms with Gasteiger partial charge in [0.1, 0.15) is 0 Å². The summed E-state index contributed by atoms with van der Waals surface area (Å²) < 4.78 is 26.4. The molecule has 0 spiro atoms. The fourth-order valence-electron chi connectivity index (χ4n) is 2.12. The van der Waals surface area contributed by atoms with Gasteiger partial charge in [0.25, 0.3) is 0 Å². The number of benzene rings is 1. The fraction of sp³-hybridized carbons (Fsp3) is 0.417. The van der Waals surface area contributed by atoms with Crippen LogP contribution in [0.1, 0.15) is 0 Å². The van der Waals surface area contributed by atoms with Gasteiger partial charge in [0.15, 0.2) is 0 Å². The summed E-state index contributed by atoms with van der Waals surface area (Å²) in [5, 5.41) is 0.415. The first-order chi connectivity index (χ1) is 9.39. The van der Waals surface area contributed by atoms with Crippen molar-refractivity contribution >= 4 is 38.8 Å². The molecule has 8 heteroatoms. The topological polar surface area (TPSA) is 66.6 Å². The number of hydrogen-bond donors (Lipinski definition) is 1. The van der Waals surface area contributed by atoms with E-state index in [2.05, 4.69) is 0 Å². The molecule has 1 heterocycles. The highest BCUT2D eigenvalue weighted by molar-refractivity contribution is 7.89. The summed E-state index contributed by atoms with van der Waals surface area (Å²) >= 11 is 10.7. The van der Waals surface area contributed by atoms with E-state index in [1.54, 1.807) is 18.2 Å². The predicted octanol–water partition coefficient (Wildman–Crippen LogP) is 0.932. The number of hydrogen-bond acceptors (Lipinski definition) is 4. The van der Waals surface area contributed by atoms with E-state index in [0.29, 0.717) is 42.7 Å². The molecule has 0 amide bonds. The summed E-state index contributed by atoms with van der Waals surface area (Å²) in [6.45, 7) is 2.63. The van der Waals surface area contributed by atoms with Crippen molar-refractivity contribution in [2.75, 3.05) is 32.7 Å². The molecule has 1 aromatic rings. The van der Waals surface area contributed by atoms with E-state index in [-0.39, 0.29) is 4.90 Å². The van der Waals surface area contributed by atoms with Gasteiger partial charge in [0, 0.05) is 37.7 Å². The van der Waals surface area contributed by atoms with Crippen molar-refractivity contribution in [1.29, 1.82) is 0 Å². The molecule has 1 aromatic carbocycles. The fourth-order valence-corrected chi connectivity index (χ4v) is 4.03. The van der Waals surface area contributed by atoms with Crippen molar-refractivity contribution in [3.8, 4) is 0 Å². The van der Waals surface area contributed by atoms with E-state index in [0.717, 1.165) is 0 Å². The van der Waals surface area contributed by atoms with Crippen LogP contribution in [-0.2, 0) is 10.0 Å². The van der Waals surface area contributed by atoms with Gasteiger partial charge in [0.05, 0.1) is 9.88 Å².